The van der Waals surface area contributed by atoms with Crippen molar-refractivity contribution in [1.82, 2.24) is 0 Å². The molecule has 0 unspecified atom stereocenters. The Kier molecular flexibility index (Phi) is 36.3. The molecule has 0 spiro atoms. The van der Waals surface area contributed by atoms with Crippen LogP contribution in [0, 0.1) is 0 Å². The van der Waals surface area contributed by atoms with E-state index in [-0.39, 0.29) is 64.7 Å². The van der Waals surface area contributed by atoms with Crippen LogP contribution in [0.3, 0.4) is 0 Å². The Morgan fingerprint density at radius 2 is 0.315 bits per heavy atom. The van der Waals surface area contributed by atoms with Crippen molar-refractivity contribution in [2.75, 3.05) is 103 Å². The number of amides is 9. The summed E-state index contributed by atoms with van der Waals surface area (Å²) in [6.07, 6.45) is 7.92. The van der Waals surface area contributed by atoms with E-state index in [0.29, 0.717) is 193 Å². The first kappa shape index (κ1) is 95.3. The normalized spacial score (nSPS) is 11.2. The number of carbonyl (C=O) groups excluding carboxylic acids is 9. The van der Waals surface area contributed by atoms with E-state index in [1.54, 1.807) is 221 Å². The number of carbonyl (C=O) groups is 10. The van der Waals surface area contributed by atoms with E-state index < -0.39 is 24.0 Å². The first-order valence-electron chi connectivity index (χ1n) is 44.0. The highest BCUT2D eigenvalue weighted by Crippen LogP contribution is 2.33. The number of unbranched alkanes of at least 4 members (excludes halogenated alkanes) is 9. The average molecular weight is 1690 g/mol. The van der Waals surface area contributed by atoms with Gasteiger partial charge in [-0.15, -0.1) is 0 Å². The second-order valence-corrected chi connectivity index (χ2v) is 31.0. The standard InChI is InChI=1S/C101H118F3N9O11/c1-10-19-64-105(92(115)74-30-48-84(49-31-74)107(66-21-12-3)94(117)76-34-52-86(53-35-76)109(68-23-14-5)96(119)78-38-56-88(57-39-78)111(70-25-16-7)98(121)80-42-60-90(61-43-80)113(72-27-18-9)100(124)101(102,103)104)82-46-28-73(29-47-82)91(114)106(65-20-11-2)83-50-32-75(33-51-83)93(116)108(67-22-13-4)85-54-36-77(37-55-85)95(118)110(69-24-15-6)87-58-40-79(41-59-87)97(120)112(71-26-17-8)89-62-44-81(45-63-89)99(122)123/h28-63H,10-27,64-72H2,1-9H3,(H,122,123). The molecule has 0 aliphatic rings. The van der Waals surface area contributed by atoms with Crippen LogP contribution >= 0.6 is 0 Å². The molecule has 0 bridgehead atoms. The molecule has 124 heavy (non-hydrogen) atoms. The van der Waals surface area contributed by atoms with Gasteiger partial charge in [-0.05, 0) is 276 Å². The van der Waals surface area contributed by atoms with Crippen LogP contribution in [0.2, 0.25) is 0 Å². The number of anilines is 9. The number of aromatic carboxylic acids is 1. The van der Waals surface area contributed by atoms with Gasteiger partial charge in [-0.25, -0.2) is 4.79 Å². The summed E-state index contributed by atoms with van der Waals surface area (Å²) in [7, 11) is 0. The third kappa shape index (κ3) is 24.9. The van der Waals surface area contributed by atoms with Crippen molar-refractivity contribution >= 4 is 110 Å². The molecule has 654 valence electrons. The summed E-state index contributed by atoms with van der Waals surface area (Å²) in [5.74, 6) is -5.24. The minimum atomic E-state index is -5.07. The molecular formula is C101H118F3N9O11. The quantitative estimate of drug-likeness (QED) is 0.0378. The summed E-state index contributed by atoms with van der Waals surface area (Å²) < 4.78 is 40.8. The Labute approximate surface area is 728 Å². The SMILES string of the molecule is CCCCN(C(=O)c1ccc(N(CCCC)C(=O)c2ccc(N(CCCC)C(=O)c3ccc(N(CCCC)C(=O)c4ccc(N(CCCC)C(=O)c5ccc(N(CCCC)C(=O)c6ccc(N(CCCC)C(=O)c7ccc(N(CCCC)C(=O)c8ccc(N(CCCC)C(=O)C(F)(F)F)cc8)cc7)cc6)cc5)cc4)cc3)cc2)cc1)c1ccc(C(=O)O)cc1. The first-order chi connectivity index (χ1) is 59.9. The van der Waals surface area contributed by atoms with Gasteiger partial charge in [0.1, 0.15) is 0 Å². The Balaban J connectivity index is 0.855. The zero-order valence-corrected chi connectivity index (χ0v) is 73.1. The van der Waals surface area contributed by atoms with Gasteiger partial charge in [0.15, 0.2) is 0 Å². The number of nitrogens with zero attached hydrogens (tertiary/aromatic N) is 9. The van der Waals surface area contributed by atoms with E-state index in [4.69, 9.17) is 0 Å². The van der Waals surface area contributed by atoms with Crippen LogP contribution in [-0.2, 0) is 4.79 Å². The number of alkyl halides is 3. The molecule has 1 N–H and O–H groups in total. The van der Waals surface area contributed by atoms with E-state index in [1.165, 1.54) is 36.4 Å². The molecule has 9 rings (SSSR count). The molecule has 0 fully saturated rings. The summed E-state index contributed by atoms with van der Waals surface area (Å²) in [6.45, 7) is 21.1. The summed E-state index contributed by atoms with van der Waals surface area (Å²) >= 11 is 0. The van der Waals surface area contributed by atoms with E-state index in [9.17, 15) is 66.2 Å². The number of hydrogen-bond acceptors (Lipinski definition) is 10. The summed E-state index contributed by atoms with van der Waals surface area (Å²) in [4.78, 5) is 154. The van der Waals surface area contributed by atoms with Crippen LogP contribution in [0.25, 0.3) is 0 Å². The van der Waals surface area contributed by atoms with Crippen molar-refractivity contribution in [2.24, 2.45) is 0 Å². The van der Waals surface area contributed by atoms with Gasteiger partial charge < -0.3 is 49.2 Å². The predicted molar refractivity (Wildman–Crippen MR) is 491 cm³/mol. The van der Waals surface area contributed by atoms with Crippen molar-refractivity contribution in [3.63, 3.8) is 0 Å². The third-order valence-electron chi connectivity index (χ3n) is 21.9. The zero-order valence-electron chi connectivity index (χ0n) is 73.1. The molecule has 20 nitrogen and oxygen atoms in total. The predicted octanol–water partition coefficient (Wildman–Crippen LogP) is 22.7. The molecule has 9 amide bonds. The van der Waals surface area contributed by atoms with Crippen molar-refractivity contribution in [3.8, 4) is 0 Å². The van der Waals surface area contributed by atoms with E-state index >= 15 is 0 Å². The van der Waals surface area contributed by atoms with Gasteiger partial charge >= 0.3 is 18.1 Å². The fourth-order valence-electron chi connectivity index (χ4n) is 14.4. The molecule has 9 aromatic carbocycles. The van der Waals surface area contributed by atoms with Gasteiger partial charge in [-0.1, -0.05) is 120 Å². The first-order valence-corrected chi connectivity index (χ1v) is 44.0. The number of carboxylic acids is 1. The van der Waals surface area contributed by atoms with Gasteiger partial charge in [0.25, 0.3) is 47.3 Å². The van der Waals surface area contributed by atoms with Crippen molar-refractivity contribution in [3.05, 3.63) is 268 Å². The molecule has 0 heterocycles. The average Bonchev–Trinajstić information content (AvgIpc) is 0.810. The summed E-state index contributed by atoms with van der Waals surface area (Å²) in [5, 5.41) is 9.47. The lowest BCUT2D eigenvalue weighted by Crippen LogP contribution is -2.41. The number of hydrogen-bond donors (Lipinski definition) is 1. The van der Waals surface area contributed by atoms with Crippen LogP contribution in [-0.4, -0.2) is 129 Å². The molecule has 23 heteroatoms. The van der Waals surface area contributed by atoms with Crippen LogP contribution in [0.1, 0.15) is 271 Å². The van der Waals surface area contributed by atoms with Crippen LogP contribution < -0.4 is 44.1 Å². The van der Waals surface area contributed by atoms with Gasteiger partial charge in [-0.2, -0.15) is 13.2 Å². The zero-order chi connectivity index (χ0) is 89.4. The van der Waals surface area contributed by atoms with Crippen LogP contribution in [0.4, 0.5) is 64.4 Å². The van der Waals surface area contributed by atoms with Gasteiger partial charge in [-0.3, -0.25) is 43.2 Å². The number of rotatable bonds is 45. The molecule has 0 aromatic heterocycles. The highest BCUT2D eigenvalue weighted by atomic mass is 19.4. The maximum absolute atomic E-state index is 14.7. The monoisotopic (exact) mass is 1690 g/mol. The maximum Gasteiger partial charge on any atom is 0.471 e. The molecule has 0 aliphatic carbocycles. The Bertz CT molecular complexity index is 4980. The van der Waals surface area contributed by atoms with E-state index in [1.807, 2.05) is 62.3 Å². The molecule has 0 atom stereocenters. The molecule has 0 saturated heterocycles. The Hall–Kier alpha value is -12.5. The summed E-state index contributed by atoms with van der Waals surface area (Å²) in [5.41, 5.74) is 7.86. The van der Waals surface area contributed by atoms with E-state index in [2.05, 4.69) is 0 Å². The molecule has 0 radical (unpaired) electrons. The van der Waals surface area contributed by atoms with Gasteiger partial charge in [0, 0.05) is 155 Å². The minimum absolute atomic E-state index is 0.0319. The fourth-order valence-corrected chi connectivity index (χ4v) is 14.4. The third-order valence-corrected chi connectivity index (χ3v) is 21.9. The lowest BCUT2D eigenvalue weighted by Gasteiger charge is -2.26. The number of benzene rings is 9. The smallest absolute Gasteiger partial charge is 0.471 e. The maximum atomic E-state index is 14.7. The van der Waals surface area contributed by atoms with Gasteiger partial charge in [0.2, 0.25) is 0 Å². The molecular weight excluding hydrogens is 1570 g/mol. The molecule has 0 saturated carbocycles. The van der Waals surface area contributed by atoms with Crippen LogP contribution in [0.15, 0.2) is 218 Å². The van der Waals surface area contributed by atoms with E-state index in [0.717, 1.165) is 64.2 Å². The summed E-state index contributed by atoms with van der Waals surface area (Å²) in [6, 6.07) is 60.4. The van der Waals surface area contributed by atoms with Crippen molar-refractivity contribution in [1.29, 1.82) is 0 Å². The molecule has 9 aromatic rings. The molecule has 0 aliphatic heterocycles. The Morgan fingerprint density at radius 1 is 0.202 bits per heavy atom. The lowest BCUT2D eigenvalue weighted by atomic mass is 10.1. The number of halogens is 3. The highest BCUT2D eigenvalue weighted by molar-refractivity contribution is 6.14. The minimum Gasteiger partial charge on any atom is -0.478 e. The topological polar surface area (TPSA) is 220 Å². The van der Waals surface area contributed by atoms with Gasteiger partial charge in [0.05, 0.1) is 5.56 Å². The lowest BCUT2D eigenvalue weighted by molar-refractivity contribution is -0.170. The number of carboxylic acid groups (broad SMARTS) is 1. The second kappa shape index (κ2) is 47.2. The second-order valence-electron chi connectivity index (χ2n) is 31.0. The van der Waals surface area contributed by atoms with Crippen molar-refractivity contribution in [2.45, 2.75) is 184 Å². The largest absolute Gasteiger partial charge is 0.478 e. The Morgan fingerprint density at radius 3 is 0.427 bits per heavy atom. The fraction of sp³-hybridized carbons (Fsp3) is 0.366. The highest BCUT2D eigenvalue weighted by Gasteiger charge is 2.43. The van der Waals surface area contributed by atoms with Crippen LogP contribution in [0.5, 0.6) is 0 Å². The van der Waals surface area contributed by atoms with Crippen molar-refractivity contribution < 1.29 is 66.2 Å².